The van der Waals surface area contributed by atoms with Gasteiger partial charge in [0.15, 0.2) is 0 Å². The van der Waals surface area contributed by atoms with E-state index in [-0.39, 0.29) is 18.0 Å². The van der Waals surface area contributed by atoms with E-state index in [0.717, 1.165) is 0 Å². The van der Waals surface area contributed by atoms with Crippen molar-refractivity contribution >= 4 is 5.69 Å². The topological polar surface area (TPSA) is 85.5 Å². The number of ether oxygens (including phenoxy) is 1. The molecule has 0 unspecified atom stereocenters. The molecule has 1 aromatic rings. The van der Waals surface area contributed by atoms with Crippen LogP contribution in [0, 0.1) is 10.1 Å². The number of nitrogens with zero attached hydrogens (tertiary/aromatic N) is 2. The van der Waals surface area contributed by atoms with Crippen molar-refractivity contribution in [1.29, 1.82) is 0 Å². The van der Waals surface area contributed by atoms with Gasteiger partial charge < -0.3 is 9.84 Å². The van der Waals surface area contributed by atoms with Crippen LogP contribution in [0.15, 0.2) is 18.3 Å². The molecule has 6 nitrogen and oxygen atoms in total. The number of aliphatic hydroxyl groups excluding tert-OH is 1. The summed E-state index contributed by atoms with van der Waals surface area (Å²) in [7, 11) is 1.43. The number of nitro groups is 1. The van der Waals surface area contributed by atoms with E-state index in [2.05, 4.69) is 4.98 Å². The Morgan fingerprint density at radius 1 is 1.79 bits per heavy atom. The molecule has 0 aliphatic rings. The third-order valence-electron chi connectivity index (χ3n) is 1.64. The predicted molar refractivity (Wildman–Crippen MR) is 47.7 cm³/mol. The predicted octanol–water partition coefficient (Wildman–Crippen LogP) is 0.670. The summed E-state index contributed by atoms with van der Waals surface area (Å²) >= 11 is 0. The van der Waals surface area contributed by atoms with Gasteiger partial charge in [-0.05, 0) is 0 Å². The molecule has 1 atom stereocenters. The zero-order valence-electron chi connectivity index (χ0n) is 7.58. The van der Waals surface area contributed by atoms with Crippen LogP contribution < -0.4 is 0 Å². The van der Waals surface area contributed by atoms with Crippen molar-refractivity contribution < 1.29 is 14.8 Å². The van der Waals surface area contributed by atoms with Crippen LogP contribution in [-0.4, -0.2) is 28.7 Å². The minimum atomic E-state index is -0.931. The van der Waals surface area contributed by atoms with Crippen LogP contribution in [0.2, 0.25) is 0 Å². The molecule has 1 N–H and O–H groups in total. The number of hydrogen-bond donors (Lipinski definition) is 1. The van der Waals surface area contributed by atoms with Crippen LogP contribution >= 0.6 is 0 Å². The summed E-state index contributed by atoms with van der Waals surface area (Å²) < 4.78 is 4.70. The summed E-state index contributed by atoms with van der Waals surface area (Å²) in [5.41, 5.74) is 0.145. The Labute approximate surface area is 80.3 Å². The maximum Gasteiger partial charge on any atom is 0.272 e. The SMILES string of the molecule is COC[C@H](O)c1cc([N+](=O)[O-])ccn1. The second-order valence-electron chi connectivity index (χ2n) is 2.67. The van der Waals surface area contributed by atoms with E-state index in [0.29, 0.717) is 0 Å². The van der Waals surface area contributed by atoms with Crippen molar-refractivity contribution in [3.8, 4) is 0 Å². The highest BCUT2D eigenvalue weighted by molar-refractivity contribution is 5.30. The summed E-state index contributed by atoms with van der Waals surface area (Å²) in [6, 6.07) is 2.49. The van der Waals surface area contributed by atoms with E-state index < -0.39 is 11.0 Å². The van der Waals surface area contributed by atoms with Gasteiger partial charge in [-0.1, -0.05) is 0 Å². The molecule has 76 valence electrons. The normalized spacial score (nSPS) is 12.4. The lowest BCUT2D eigenvalue weighted by Gasteiger charge is -2.07. The van der Waals surface area contributed by atoms with Gasteiger partial charge in [0.1, 0.15) is 6.10 Å². The Kier molecular flexibility index (Phi) is 3.49. The maximum absolute atomic E-state index is 10.4. The van der Waals surface area contributed by atoms with Crippen LogP contribution in [-0.2, 0) is 4.74 Å². The van der Waals surface area contributed by atoms with E-state index in [9.17, 15) is 15.2 Å². The van der Waals surface area contributed by atoms with Crippen molar-refractivity contribution in [2.75, 3.05) is 13.7 Å². The molecule has 0 saturated carbocycles. The van der Waals surface area contributed by atoms with E-state index in [1.165, 1.54) is 25.4 Å². The van der Waals surface area contributed by atoms with E-state index in [4.69, 9.17) is 4.74 Å². The maximum atomic E-state index is 10.4. The number of methoxy groups -OCH3 is 1. The molecule has 1 rings (SSSR count). The molecule has 0 fully saturated rings. The van der Waals surface area contributed by atoms with Crippen LogP contribution in [0.25, 0.3) is 0 Å². The first kappa shape index (κ1) is 10.6. The average Bonchev–Trinajstić information content (AvgIpc) is 2.18. The van der Waals surface area contributed by atoms with E-state index in [1.807, 2.05) is 0 Å². The molecule has 0 saturated heterocycles. The summed E-state index contributed by atoms with van der Waals surface area (Å²) in [6.07, 6.45) is 0.353. The Morgan fingerprint density at radius 3 is 3.07 bits per heavy atom. The molecule has 0 bridgehead atoms. The molecule has 0 radical (unpaired) electrons. The van der Waals surface area contributed by atoms with Gasteiger partial charge in [0.25, 0.3) is 5.69 Å². The first-order chi connectivity index (χ1) is 6.65. The Bertz CT molecular complexity index is 329. The van der Waals surface area contributed by atoms with Crippen molar-refractivity contribution in [2.24, 2.45) is 0 Å². The summed E-state index contributed by atoms with van der Waals surface area (Å²) in [5, 5.41) is 19.8. The highest BCUT2D eigenvalue weighted by atomic mass is 16.6. The highest BCUT2D eigenvalue weighted by Crippen LogP contribution is 2.16. The van der Waals surface area contributed by atoms with Crippen molar-refractivity contribution in [3.05, 3.63) is 34.1 Å². The Morgan fingerprint density at radius 2 is 2.50 bits per heavy atom. The number of aromatic nitrogens is 1. The number of pyridine rings is 1. The van der Waals surface area contributed by atoms with Gasteiger partial charge in [-0.15, -0.1) is 0 Å². The molecule has 14 heavy (non-hydrogen) atoms. The molecule has 6 heteroatoms. The largest absolute Gasteiger partial charge is 0.384 e. The minimum Gasteiger partial charge on any atom is -0.384 e. The van der Waals surface area contributed by atoms with Gasteiger partial charge in [0, 0.05) is 25.4 Å². The molecule has 0 spiro atoms. The molecule has 0 amide bonds. The second kappa shape index (κ2) is 4.64. The fourth-order valence-electron chi connectivity index (χ4n) is 0.976. The van der Waals surface area contributed by atoms with Crippen LogP contribution in [0.5, 0.6) is 0 Å². The molecule has 1 aromatic heterocycles. The summed E-state index contributed by atoms with van der Waals surface area (Å²) in [4.78, 5) is 13.7. The first-order valence-electron chi connectivity index (χ1n) is 3.92. The lowest BCUT2D eigenvalue weighted by molar-refractivity contribution is -0.385. The summed E-state index contributed by atoms with van der Waals surface area (Å²) in [5.74, 6) is 0. The van der Waals surface area contributed by atoms with Crippen LogP contribution in [0.4, 0.5) is 5.69 Å². The van der Waals surface area contributed by atoms with Crippen molar-refractivity contribution in [2.45, 2.75) is 6.10 Å². The molecule has 1 heterocycles. The third kappa shape index (κ3) is 2.48. The fraction of sp³-hybridized carbons (Fsp3) is 0.375. The smallest absolute Gasteiger partial charge is 0.272 e. The standard InChI is InChI=1S/C8H10N2O4/c1-14-5-8(11)7-4-6(10(12)13)2-3-9-7/h2-4,8,11H,5H2,1H3/t8-/m0/s1. The number of rotatable bonds is 4. The van der Waals surface area contributed by atoms with Gasteiger partial charge >= 0.3 is 0 Å². The van der Waals surface area contributed by atoms with Gasteiger partial charge in [-0.3, -0.25) is 15.1 Å². The van der Waals surface area contributed by atoms with Crippen molar-refractivity contribution in [3.63, 3.8) is 0 Å². The quantitative estimate of drug-likeness (QED) is 0.567. The third-order valence-corrected chi connectivity index (χ3v) is 1.64. The van der Waals surface area contributed by atoms with Gasteiger partial charge in [0.05, 0.1) is 17.2 Å². The van der Waals surface area contributed by atoms with Gasteiger partial charge in [-0.2, -0.15) is 0 Å². The molecule has 0 aliphatic heterocycles. The fourth-order valence-corrected chi connectivity index (χ4v) is 0.976. The van der Waals surface area contributed by atoms with Crippen molar-refractivity contribution in [1.82, 2.24) is 4.98 Å². The second-order valence-corrected chi connectivity index (χ2v) is 2.67. The average molecular weight is 198 g/mol. The molecular weight excluding hydrogens is 188 g/mol. The van der Waals surface area contributed by atoms with Crippen LogP contribution in [0.3, 0.4) is 0 Å². The first-order valence-corrected chi connectivity index (χ1v) is 3.92. The Hall–Kier alpha value is -1.53. The zero-order chi connectivity index (χ0) is 10.6. The Balaban J connectivity index is 2.87. The van der Waals surface area contributed by atoms with E-state index in [1.54, 1.807) is 0 Å². The minimum absolute atomic E-state index is 0.0637. The molecular formula is C8H10N2O4. The molecule has 0 aromatic carbocycles. The molecule has 0 aliphatic carbocycles. The highest BCUT2D eigenvalue weighted by Gasteiger charge is 2.13. The van der Waals surface area contributed by atoms with Gasteiger partial charge in [-0.25, -0.2) is 0 Å². The van der Waals surface area contributed by atoms with E-state index >= 15 is 0 Å². The lowest BCUT2D eigenvalue weighted by Crippen LogP contribution is -2.07. The number of aliphatic hydroxyl groups is 1. The lowest BCUT2D eigenvalue weighted by atomic mass is 10.2. The monoisotopic (exact) mass is 198 g/mol. The van der Waals surface area contributed by atoms with Crippen LogP contribution in [0.1, 0.15) is 11.8 Å². The zero-order valence-corrected chi connectivity index (χ0v) is 7.58. The van der Waals surface area contributed by atoms with Gasteiger partial charge in [0.2, 0.25) is 0 Å². The summed E-state index contributed by atoms with van der Waals surface area (Å²) in [6.45, 7) is 0.0637. The number of hydrogen-bond acceptors (Lipinski definition) is 5.